The molecule has 0 atom stereocenters. The highest BCUT2D eigenvalue weighted by atomic mass is 16.5. The van der Waals surface area contributed by atoms with Gasteiger partial charge in [-0.25, -0.2) is 4.79 Å². The Labute approximate surface area is 81.8 Å². The lowest BCUT2D eigenvalue weighted by atomic mass is 10.1. The summed E-state index contributed by atoms with van der Waals surface area (Å²) in [4.78, 5) is 11.1. The molecule has 14 heavy (non-hydrogen) atoms. The first kappa shape index (κ1) is 10.5. The summed E-state index contributed by atoms with van der Waals surface area (Å²) in [6, 6.07) is 4.58. The quantitative estimate of drug-likeness (QED) is 0.699. The molecule has 0 radical (unpaired) electrons. The molecule has 0 saturated carbocycles. The topological polar surface area (TPSA) is 66.8 Å². The Morgan fingerprint density at radius 3 is 2.79 bits per heavy atom. The van der Waals surface area contributed by atoms with Crippen LogP contribution in [-0.2, 0) is 11.2 Å². The molecule has 0 aromatic heterocycles. The maximum Gasteiger partial charge on any atom is 0.341 e. The van der Waals surface area contributed by atoms with E-state index < -0.39 is 5.97 Å². The summed E-state index contributed by atoms with van der Waals surface area (Å²) >= 11 is 0. The number of phenols is 1. The van der Waals surface area contributed by atoms with E-state index in [2.05, 4.69) is 4.74 Å². The lowest BCUT2D eigenvalue weighted by Crippen LogP contribution is -2.03. The third kappa shape index (κ3) is 2.23. The average Bonchev–Trinajstić information content (AvgIpc) is 2.20. The van der Waals surface area contributed by atoms with Gasteiger partial charge in [0.1, 0.15) is 11.3 Å². The molecule has 0 fully saturated rings. The molecule has 0 aliphatic carbocycles. The lowest BCUT2D eigenvalue weighted by molar-refractivity contribution is 0.0597. The molecular formula is C10H12O4. The number of hydrogen-bond acceptors (Lipinski definition) is 4. The Balaban J connectivity index is 3.01. The molecule has 0 bridgehead atoms. The van der Waals surface area contributed by atoms with Crippen LogP contribution in [0.3, 0.4) is 0 Å². The zero-order valence-electron chi connectivity index (χ0n) is 7.86. The third-order valence-electron chi connectivity index (χ3n) is 1.87. The van der Waals surface area contributed by atoms with E-state index in [9.17, 15) is 9.90 Å². The largest absolute Gasteiger partial charge is 0.507 e. The number of aromatic hydroxyl groups is 1. The summed E-state index contributed by atoms with van der Waals surface area (Å²) in [5.74, 6) is -0.694. The first-order valence-corrected chi connectivity index (χ1v) is 4.20. The minimum atomic E-state index is -0.581. The van der Waals surface area contributed by atoms with Gasteiger partial charge in [0.05, 0.1) is 7.11 Å². The standard InChI is InChI=1S/C10H12O4/c1-14-10(13)8-6-7(4-5-11)2-3-9(8)12/h2-3,6,11-12H,4-5H2,1H3. The van der Waals surface area contributed by atoms with Crippen molar-refractivity contribution in [3.8, 4) is 5.75 Å². The van der Waals surface area contributed by atoms with Gasteiger partial charge in [-0.15, -0.1) is 0 Å². The molecule has 0 spiro atoms. The number of rotatable bonds is 3. The van der Waals surface area contributed by atoms with E-state index in [1.165, 1.54) is 19.2 Å². The van der Waals surface area contributed by atoms with Gasteiger partial charge in [-0.1, -0.05) is 6.07 Å². The zero-order chi connectivity index (χ0) is 10.6. The van der Waals surface area contributed by atoms with Gasteiger partial charge < -0.3 is 14.9 Å². The number of aliphatic hydroxyl groups is 1. The van der Waals surface area contributed by atoms with E-state index in [0.717, 1.165) is 5.56 Å². The van der Waals surface area contributed by atoms with Crippen LogP contribution in [0, 0.1) is 0 Å². The second-order valence-electron chi connectivity index (χ2n) is 2.82. The Kier molecular flexibility index (Phi) is 3.48. The van der Waals surface area contributed by atoms with Crippen LogP contribution in [0.1, 0.15) is 15.9 Å². The molecule has 0 aliphatic rings. The minimum Gasteiger partial charge on any atom is -0.507 e. The maximum absolute atomic E-state index is 11.1. The number of ether oxygens (including phenoxy) is 1. The van der Waals surface area contributed by atoms with E-state index in [1.807, 2.05) is 0 Å². The van der Waals surface area contributed by atoms with Crippen LogP contribution in [0.25, 0.3) is 0 Å². The van der Waals surface area contributed by atoms with E-state index >= 15 is 0 Å². The average molecular weight is 196 g/mol. The van der Waals surface area contributed by atoms with Gasteiger partial charge in [0.25, 0.3) is 0 Å². The molecule has 4 heteroatoms. The highest BCUT2D eigenvalue weighted by Gasteiger charge is 2.11. The molecule has 2 N–H and O–H groups in total. The second-order valence-corrected chi connectivity index (χ2v) is 2.82. The van der Waals surface area contributed by atoms with Crippen molar-refractivity contribution in [1.29, 1.82) is 0 Å². The third-order valence-corrected chi connectivity index (χ3v) is 1.87. The van der Waals surface area contributed by atoms with Gasteiger partial charge in [-0.2, -0.15) is 0 Å². The van der Waals surface area contributed by atoms with Crippen LogP contribution in [0.15, 0.2) is 18.2 Å². The molecule has 1 aromatic carbocycles. The summed E-state index contributed by atoms with van der Waals surface area (Å²) in [5, 5.41) is 18.0. The fraction of sp³-hybridized carbons (Fsp3) is 0.300. The Hall–Kier alpha value is -1.55. The number of phenolic OH excluding ortho intramolecular Hbond substituents is 1. The summed E-state index contributed by atoms with van der Waals surface area (Å²) in [6.45, 7) is 0.00535. The van der Waals surface area contributed by atoms with E-state index in [4.69, 9.17) is 5.11 Å². The lowest BCUT2D eigenvalue weighted by Gasteiger charge is -2.04. The SMILES string of the molecule is COC(=O)c1cc(CCO)ccc1O. The van der Waals surface area contributed by atoms with Crippen molar-refractivity contribution < 1.29 is 19.7 Å². The van der Waals surface area contributed by atoms with E-state index in [1.54, 1.807) is 6.07 Å². The number of aliphatic hydroxyl groups excluding tert-OH is 1. The summed E-state index contributed by atoms with van der Waals surface area (Å²) in [7, 11) is 1.25. The minimum absolute atomic E-state index is 0.00535. The van der Waals surface area contributed by atoms with Gasteiger partial charge in [-0.05, 0) is 24.1 Å². The Bertz CT molecular complexity index is 333. The van der Waals surface area contributed by atoms with Gasteiger partial charge in [-0.3, -0.25) is 0 Å². The smallest absolute Gasteiger partial charge is 0.341 e. The maximum atomic E-state index is 11.1. The molecule has 1 aromatic rings. The fourth-order valence-corrected chi connectivity index (χ4v) is 1.14. The fourth-order valence-electron chi connectivity index (χ4n) is 1.14. The predicted octanol–water partition coefficient (Wildman–Crippen LogP) is 0.714. The molecule has 0 heterocycles. The van der Waals surface area contributed by atoms with Crippen molar-refractivity contribution in [2.24, 2.45) is 0 Å². The Morgan fingerprint density at radius 2 is 2.21 bits per heavy atom. The molecule has 0 amide bonds. The number of benzene rings is 1. The van der Waals surface area contributed by atoms with Crippen molar-refractivity contribution >= 4 is 5.97 Å². The van der Waals surface area contributed by atoms with E-state index in [0.29, 0.717) is 6.42 Å². The summed E-state index contributed by atoms with van der Waals surface area (Å²) < 4.78 is 4.49. The van der Waals surface area contributed by atoms with Gasteiger partial charge in [0.2, 0.25) is 0 Å². The van der Waals surface area contributed by atoms with Gasteiger partial charge in [0.15, 0.2) is 0 Å². The van der Waals surface area contributed by atoms with Crippen molar-refractivity contribution in [1.82, 2.24) is 0 Å². The summed E-state index contributed by atoms with van der Waals surface area (Å²) in [5.41, 5.74) is 0.907. The highest BCUT2D eigenvalue weighted by Crippen LogP contribution is 2.19. The van der Waals surface area contributed by atoms with Gasteiger partial charge >= 0.3 is 5.97 Å². The number of carbonyl (C=O) groups is 1. The van der Waals surface area contributed by atoms with Crippen LogP contribution in [0.4, 0.5) is 0 Å². The van der Waals surface area contributed by atoms with Crippen LogP contribution in [0.5, 0.6) is 5.75 Å². The van der Waals surface area contributed by atoms with Crippen molar-refractivity contribution in [3.05, 3.63) is 29.3 Å². The molecule has 0 saturated heterocycles. The van der Waals surface area contributed by atoms with Crippen molar-refractivity contribution in [2.45, 2.75) is 6.42 Å². The number of esters is 1. The zero-order valence-corrected chi connectivity index (χ0v) is 7.86. The van der Waals surface area contributed by atoms with Gasteiger partial charge in [0, 0.05) is 6.61 Å². The molecule has 1 rings (SSSR count). The molecule has 0 aliphatic heterocycles. The predicted molar refractivity (Wildman–Crippen MR) is 50.2 cm³/mol. The number of carbonyl (C=O) groups excluding carboxylic acids is 1. The van der Waals surface area contributed by atoms with Crippen LogP contribution < -0.4 is 0 Å². The molecule has 0 unspecified atom stereocenters. The van der Waals surface area contributed by atoms with Crippen LogP contribution >= 0.6 is 0 Å². The van der Waals surface area contributed by atoms with Crippen LogP contribution in [0.2, 0.25) is 0 Å². The summed E-state index contributed by atoms with van der Waals surface area (Å²) in [6.07, 6.45) is 0.449. The van der Waals surface area contributed by atoms with Crippen molar-refractivity contribution in [3.63, 3.8) is 0 Å². The molecule has 76 valence electrons. The highest BCUT2D eigenvalue weighted by molar-refractivity contribution is 5.92. The first-order chi connectivity index (χ1) is 6.69. The number of hydrogen-bond donors (Lipinski definition) is 2. The normalized spacial score (nSPS) is 9.86. The second kappa shape index (κ2) is 4.62. The Morgan fingerprint density at radius 1 is 1.50 bits per heavy atom. The monoisotopic (exact) mass is 196 g/mol. The molecular weight excluding hydrogens is 184 g/mol. The van der Waals surface area contributed by atoms with Crippen molar-refractivity contribution in [2.75, 3.05) is 13.7 Å². The van der Waals surface area contributed by atoms with Crippen LogP contribution in [-0.4, -0.2) is 29.9 Å². The first-order valence-electron chi connectivity index (χ1n) is 4.20. The molecule has 4 nitrogen and oxygen atoms in total. The van der Waals surface area contributed by atoms with E-state index in [-0.39, 0.29) is 17.9 Å². The number of methoxy groups -OCH3 is 1.